The van der Waals surface area contributed by atoms with Crippen LogP contribution < -0.4 is 10.6 Å². The van der Waals surface area contributed by atoms with E-state index in [-0.39, 0.29) is 18.2 Å². The standard InChI is InChI=1S/C13H16N2O3/c1-3-5-9(6-4-2)12(17)14-10-7-8-11(16)15-13(10)18/h3-6,10H,1,7-8H2,2H3,(H,14,17)(H,15,16,18)/b6-4-,9-5?. The van der Waals surface area contributed by atoms with Gasteiger partial charge in [-0.15, -0.1) is 0 Å². The number of allylic oxidation sites excluding steroid dienone is 3. The first-order valence-electron chi connectivity index (χ1n) is 5.68. The first kappa shape index (κ1) is 13.9. The van der Waals surface area contributed by atoms with Crippen LogP contribution in [0.5, 0.6) is 0 Å². The zero-order valence-corrected chi connectivity index (χ0v) is 10.2. The van der Waals surface area contributed by atoms with Gasteiger partial charge in [-0.3, -0.25) is 19.7 Å². The summed E-state index contributed by atoms with van der Waals surface area (Å²) >= 11 is 0. The Bertz CT molecular complexity index is 436. The van der Waals surface area contributed by atoms with Crippen LogP contribution in [0, 0.1) is 0 Å². The number of imide groups is 1. The molecule has 1 atom stereocenters. The molecule has 0 aromatic rings. The fraction of sp³-hybridized carbons (Fsp3) is 0.308. The molecular weight excluding hydrogens is 232 g/mol. The number of carbonyl (C=O) groups excluding carboxylic acids is 3. The van der Waals surface area contributed by atoms with Crippen LogP contribution in [0.2, 0.25) is 0 Å². The highest BCUT2D eigenvalue weighted by molar-refractivity contribution is 6.04. The number of piperidine rings is 1. The Kier molecular flexibility index (Phi) is 5.05. The van der Waals surface area contributed by atoms with Crippen LogP contribution in [0.25, 0.3) is 0 Å². The quantitative estimate of drug-likeness (QED) is 0.434. The topological polar surface area (TPSA) is 75.3 Å². The summed E-state index contributed by atoms with van der Waals surface area (Å²) in [6.07, 6.45) is 6.97. The van der Waals surface area contributed by atoms with Gasteiger partial charge in [-0.1, -0.05) is 30.9 Å². The lowest BCUT2D eigenvalue weighted by atomic mass is 10.1. The van der Waals surface area contributed by atoms with Crippen LogP contribution in [0.4, 0.5) is 0 Å². The molecule has 1 aliphatic rings. The second-order valence-corrected chi connectivity index (χ2v) is 3.83. The Hall–Kier alpha value is -2.17. The zero-order valence-electron chi connectivity index (χ0n) is 10.2. The second-order valence-electron chi connectivity index (χ2n) is 3.83. The molecule has 2 N–H and O–H groups in total. The fourth-order valence-electron chi connectivity index (χ4n) is 1.59. The smallest absolute Gasteiger partial charge is 0.251 e. The molecule has 0 spiro atoms. The molecule has 0 aromatic carbocycles. The lowest BCUT2D eigenvalue weighted by Gasteiger charge is -2.21. The van der Waals surface area contributed by atoms with Crippen LogP contribution in [-0.2, 0) is 14.4 Å². The minimum atomic E-state index is -0.659. The molecule has 3 amide bonds. The maximum Gasteiger partial charge on any atom is 0.251 e. The third-order valence-corrected chi connectivity index (χ3v) is 2.45. The number of nitrogens with one attached hydrogen (secondary N) is 2. The largest absolute Gasteiger partial charge is 0.340 e. The van der Waals surface area contributed by atoms with Gasteiger partial charge in [0.25, 0.3) is 5.91 Å². The molecule has 1 rings (SSSR count). The third-order valence-electron chi connectivity index (χ3n) is 2.45. The van der Waals surface area contributed by atoms with Gasteiger partial charge < -0.3 is 5.32 Å². The summed E-state index contributed by atoms with van der Waals surface area (Å²) in [7, 11) is 0. The monoisotopic (exact) mass is 248 g/mol. The van der Waals surface area contributed by atoms with Crippen LogP contribution in [0.1, 0.15) is 19.8 Å². The predicted molar refractivity (Wildman–Crippen MR) is 67.4 cm³/mol. The molecule has 96 valence electrons. The van der Waals surface area contributed by atoms with E-state index in [2.05, 4.69) is 17.2 Å². The number of amides is 3. The minimum Gasteiger partial charge on any atom is -0.340 e. The molecule has 5 heteroatoms. The van der Waals surface area contributed by atoms with Gasteiger partial charge in [-0.2, -0.15) is 0 Å². The van der Waals surface area contributed by atoms with E-state index in [1.54, 1.807) is 25.2 Å². The molecular formula is C13H16N2O3. The Balaban J connectivity index is 2.69. The Morgan fingerprint density at radius 1 is 1.50 bits per heavy atom. The Morgan fingerprint density at radius 2 is 2.22 bits per heavy atom. The van der Waals surface area contributed by atoms with E-state index < -0.39 is 11.9 Å². The van der Waals surface area contributed by atoms with Crippen molar-refractivity contribution in [1.29, 1.82) is 0 Å². The van der Waals surface area contributed by atoms with Crippen molar-refractivity contribution >= 4 is 17.7 Å². The average molecular weight is 248 g/mol. The molecule has 1 heterocycles. The molecule has 1 fully saturated rings. The second kappa shape index (κ2) is 6.54. The van der Waals surface area contributed by atoms with Gasteiger partial charge in [0.05, 0.1) is 0 Å². The van der Waals surface area contributed by atoms with E-state index in [0.717, 1.165) is 0 Å². The van der Waals surface area contributed by atoms with E-state index in [1.165, 1.54) is 6.08 Å². The van der Waals surface area contributed by atoms with Crippen molar-refractivity contribution in [1.82, 2.24) is 10.6 Å². The van der Waals surface area contributed by atoms with E-state index in [9.17, 15) is 14.4 Å². The number of carbonyl (C=O) groups is 3. The minimum absolute atomic E-state index is 0.237. The summed E-state index contributed by atoms with van der Waals surface area (Å²) in [6.45, 7) is 5.31. The molecule has 0 bridgehead atoms. The number of rotatable bonds is 4. The third kappa shape index (κ3) is 3.69. The number of hydrogen-bond donors (Lipinski definition) is 2. The number of hydrogen-bond acceptors (Lipinski definition) is 3. The average Bonchev–Trinajstić information content (AvgIpc) is 2.32. The molecule has 1 saturated heterocycles. The van der Waals surface area contributed by atoms with Gasteiger partial charge in [-0.25, -0.2) is 0 Å². The summed E-state index contributed by atoms with van der Waals surface area (Å²) in [6, 6.07) is -0.659. The van der Waals surface area contributed by atoms with Crippen LogP contribution in [0.3, 0.4) is 0 Å². The van der Waals surface area contributed by atoms with Gasteiger partial charge in [0.1, 0.15) is 6.04 Å². The predicted octanol–water partition coefficient (Wildman–Crippen LogP) is 0.596. The van der Waals surface area contributed by atoms with Gasteiger partial charge in [-0.05, 0) is 13.3 Å². The first-order chi connectivity index (χ1) is 8.58. The van der Waals surface area contributed by atoms with Gasteiger partial charge in [0.2, 0.25) is 11.8 Å². The van der Waals surface area contributed by atoms with Crippen molar-refractivity contribution in [3.63, 3.8) is 0 Å². The summed E-state index contributed by atoms with van der Waals surface area (Å²) in [5.41, 5.74) is 0.414. The van der Waals surface area contributed by atoms with Gasteiger partial charge in [0, 0.05) is 12.0 Å². The van der Waals surface area contributed by atoms with Crippen molar-refractivity contribution in [3.05, 3.63) is 36.5 Å². The van der Waals surface area contributed by atoms with Crippen LogP contribution in [-0.4, -0.2) is 23.8 Å². The molecule has 18 heavy (non-hydrogen) atoms. The SMILES string of the molecule is C=CC=C(/C=C\C)C(=O)NC1CCC(=O)NC1=O. The molecule has 1 unspecified atom stereocenters. The molecule has 1 aliphatic heterocycles. The summed E-state index contributed by atoms with van der Waals surface area (Å²) < 4.78 is 0. The fourth-order valence-corrected chi connectivity index (χ4v) is 1.59. The molecule has 0 aliphatic carbocycles. The molecule has 5 nitrogen and oxygen atoms in total. The van der Waals surface area contributed by atoms with Crippen molar-refractivity contribution in [2.45, 2.75) is 25.8 Å². The van der Waals surface area contributed by atoms with Crippen molar-refractivity contribution in [2.24, 2.45) is 0 Å². The Morgan fingerprint density at radius 3 is 2.78 bits per heavy atom. The molecule has 0 radical (unpaired) electrons. The summed E-state index contributed by atoms with van der Waals surface area (Å²) in [4.78, 5) is 34.3. The highest BCUT2D eigenvalue weighted by Crippen LogP contribution is 2.06. The van der Waals surface area contributed by atoms with E-state index >= 15 is 0 Å². The summed E-state index contributed by atoms with van der Waals surface area (Å²) in [5, 5.41) is 4.78. The molecule has 0 aromatic heterocycles. The Labute approximate surface area is 106 Å². The van der Waals surface area contributed by atoms with Crippen LogP contribution in [0.15, 0.2) is 36.5 Å². The first-order valence-corrected chi connectivity index (χ1v) is 5.68. The van der Waals surface area contributed by atoms with E-state index in [1.807, 2.05) is 0 Å². The zero-order chi connectivity index (χ0) is 13.5. The maximum absolute atomic E-state index is 11.9. The highest BCUT2D eigenvalue weighted by atomic mass is 16.2. The maximum atomic E-state index is 11.9. The van der Waals surface area contributed by atoms with Gasteiger partial charge >= 0.3 is 0 Å². The van der Waals surface area contributed by atoms with Crippen molar-refractivity contribution < 1.29 is 14.4 Å². The van der Waals surface area contributed by atoms with Gasteiger partial charge in [0.15, 0.2) is 0 Å². The van der Waals surface area contributed by atoms with Crippen molar-refractivity contribution in [2.75, 3.05) is 0 Å². The molecule has 0 saturated carbocycles. The highest BCUT2D eigenvalue weighted by Gasteiger charge is 2.28. The van der Waals surface area contributed by atoms with Crippen molar-refractivity contribution in [3.8, 4) is 0 Å². The van der Waals surface area contributed by atoms with Crippen LogP contribution >= 0.6 is 0 Å². The lowest BCUT2D eigenvalue weighted by Crippen LogP contribution is -2.52. The van der Waals surface area contributed by atoms with E-state index in [0.29, 0.717) is 12.0 Å². The normalized spacial score (nSPS) is 20.7. The lowest BCUT2D eigenvalue weighted by molar-refractivity contribution is -0.136. The van der Waals surface area contributed by atoms with E-state index in [4.69, 9.17) is 0 Å². The summed E-state index contributed by atoms with van der Waals surface area (Å²) in [5.74, 6) is -1.12.